The van der Waals surface area contributed by atoms with Gasteiger partial charge in [0.05, 0.1) is 11.5 Å². The van der Waals surface area contributed by atoms with Gasteiger partial charge in [-0.15, -0.1) is 0 Å². The zero-order chi connectivity index (χ0) is 38.4. The molecule has 1 aromatic heterocycles. The van der Waals surface area contributed by atoms with Gasteiger partial charge in [0.2, 0.25) is 0 Å². The number of rotatable bonds is 11. The molecule has 4 rings (SSSR count). The van der Waals surface area contributed by atoms with Crippen molar-refractivity contribution in [2.24, 2.45) is 0 Å². The first-order valence-electron chi connectivity index (χ1n) is 18.1. The predicted octanol–water partition coefficient (Wildman–Crippen LogP) is 11.4. The van der Waals surface area contributed by atoms with Crippen molar-refractivity contribution in [2.75, 3.05) is 6.61 Å². The highest BCUT2D eigenvalue weighted by atomic mass is 32.2. The molecule has 1 fully saturated rings. The van der Waals surface area contributed by atoms with Crippen LogP contribution in [0.25, 0.3) is 11.1 Å². The highest BCUT2D eigenvalue weighted by Crippen LogP contribution is 2.46. The summed E-state index contributed by atoms with van der Waals surface area (Å²) in [4.78, 5) is 18.6. The monoisotopic (exact) mass is 786 g/mol. The Labute approximate surface area is 319 Å². The molecule has 2 heterocycles. The van der Waals surface area contributed by atoms with Gasteiger partial charge in [-0.25, -0.2) is 4.79 Å². The number of ether oxygens (including phenoxy) is 1. The van der Waals surface area contributed by atoms with Crippen LogP contribution in [-0.2, 0) is 18.0 Å². The fourth-order valence-electron chi connectivity index (χ4n) is 5.08. The molecular formula is C39H62N2O5S2Si3. The average Bonchev–Trinajstić information content (AvgIpc) is 3.31. The molecule has 7 nitrogen and oxygen atoms in total. The molecule has 0 spiro atoms. The molecule has 0 aliphatic carbocycles. The molecule has 1 N–H and O–H groups in total. The topological polar surface area (TPSA) is 74.7 Å². The van der Waals surface area contributed by atoms with Crippen molar-refractivity contribution >= 4 is 48.9 Å². The number of benzene rings is 2. The third kappa shape index (κ3) is 9.74. The van der Waals surface area contributed by atoms with E-state index in [9.17, 15) is 4.79 Å². The Bertz CT molecular complexity index is 1760. The van der Waals surface area contributed by atoms with Crippen LogP contribution in [0.4, 0.5) is 0 Å². The van der Waals surface area contributed by atoms with E-state index in [0.717, 1.165) is 20.9 Å². The number of aromatic amines is 1. The summed E-state index contributed by atoms with van der Waals surface area (Å²) >= 11 is 7.25. The number of hydrogen-bond donors (Lipinski definition) is 1. The van der Waals surface area contributed by atoms with Crippen LogP contribution in [0.1, 0.15) is 68.5 Å². The van der Waals surface area contributed by atoms with Crippen molar-refractivity contribution in [3.8, 4) is 11.1 Å². The summed E-state index contributed by atoms with van der Waals surface area (Å²) in [5.74, 6) is 0. The largest absolute Gasteiger partial charge is 0.414 e. The maximum atomic E-state index is 13.9. The molecule has 0 unspecified atom stereocenters. The van der Waals surface area contributed by atoms with E-state index in [2.05, 4.69) is 143 Å². The molecule has 12 heteroatoms. The number of aromatic nitrogens is 2. The second-order valence-corrected chi connectivity index (χ2v) is 34.3. The molecular weight excluding hydrogens is 725 g/mol. The summed E-state index contributed by atoms with van der Waals surface area (Å²) in [6.45, 7) is 34.0. The lowest BCUT2D eigenvalue weighted by Gasteiger charge is -2.44. The van der Waals surface area contributed by atoms with Crippen molar-refractivity contribution < 1.29 is 18.0 Å². The van der Waals surface area contributed by atoms with Gasteiger partial charge >= 0.3 is 5.69 Å². The Kier molecular flexibility index (Phi) is 12.6. The zero-order valence-electron chi connectivity index (χ0n) is 33.6. The number of H-pyrrole nitrogens is 1. The van der Waals surface area contributed by atoms with Gasteiger partial charge in [-0.1, -0.05) is 129 Å². The molecule has 1 saturated heterocycles. The Morgan fingerprint density at radius 1 is 0.745 bits per heavy atom. The van der Waals surface area contributed by atoms with Crippen LogP contribution in [0.2, 0.25) is 54.4 Å². The first-order chi connectivity index (χ1) is 23.2. The Balaban J connectivity index is 1.80. The fraction of sp³-hybridized carbons (Fsp3) is 0.590. The Hall–Kier alpha value is -1.62. The minimum Gasteiger partial charge on any atom is -0.414 e. The van der Waals surface area contributed by atoms with Crippen LogP contribution >= 0.6 is 24.0 Å². The quantitative estimate of drug-likeness (QED) is 0.153. The summed E-state index contributed by atoms with van der Waals surface area (Å²) in [5, 5.41) is -0.108. The lowest BCUT2D eigenvalue weighted by molar-refractivity contribution is -0.0513. The molecule has 3 aromatic rings. The van der Waals surface area contributed by atoms with Crippen LogP contribution in [0.3, 0.4) is 0 Å². The lowest BCUT2D eigenvalue weighted by atomic mass is 10.1. The van der Waals surface area contributed by atoms with Crippen molar-refractivity contribution in [1.29, 1.82) is 0 Å². The van der Waals surface area contributed by atoms with Crippen LogP contribution in [0.15, 0.2) is 75.4 Å². The molecule has 51 heavy (non-hydrogen) atoms. The van der Waals surface area contributed by atoms with Crippen molar-refractivity contribution in [1.82, 2.24) is 9.55 Å². The molecule has 0 saturated carbocycles. The molecule has 0 amide bonds. The summed E-state index contributed by atoms with van der Waals surface area (Å²) in [6.07, 6.45) is -0.334. The van der Waals surface area contributed by atoms with Crippen molar-refractivity contribution in [2.45, 2.75) is 151 Å². The van der Waals surface area contributed by atoms with Crippen LogP contribution < -0.4 is 5.69 Å². The van der Waals surface area contributed by atoms with Gasteiger partial charge in [0.1, 0.15) is 23.0 Å². The third-order valence-electron chi connectivity index (χ3n) is 11.6. The SMILES string of the molecule is CC(C)(C)[Si](C)(C)OC[C@H]1O[C@@H](n2cc(Sc3ccc(-c4ccccc4)cc3)c(=S)[nH]c2=O)[C@H](O[Si](C)(C)C(C)(C)C)[C@@H]1O[Si](C)(C)C(C)(C)C. The summed E-state index contributed by atoms with van der Waals surface area (Å²) < 4.78 is 30.4. The van der Waals surface area contributed by atoms with E-state index in [1.165, 1.54) is 11.8 Å². The van der Waals surface area contributed by atoms with Gasteiger partial charge in [-0.2, -0.15) is 0 Å². The molecule has 2 aromatic carbocycles. The standard InChI is InChI=1S/C39H62N2O5S2Si3/c1-37(2,3)49(10,11)43-26-30-32(45-50(12,13)38(4,5)6)33(46-51(14,15)39(7,8)9)35(44-30)41-25-31(34(47)40-36(41)42)48-29-23-21-28(22-24-29)27-19-17-16-18-20-27/h16-25,30,32-33,35H,26H2,1-15H3,(H,40,42,47)/t30-,32-,33-,35-/m1/s1. The Morgan fingerprint density at radius 2 is 1.24 bits per heavy atom. The zero-order valence-corrected chi connectivity index (χ0v) is 38.2. The lowest BCUT2D eigenvalue weighted by Crippen LogP contribution is -2.54. The highest BCUT2D eigenvalue weighted by molar-refractivity contribution is 7.99. The maximum Gasteiger partial charge on any atom is 0.328 e. The van der Waals surface area contributed by atoms with Crippen LogP contribution in [-0.4, -0.2) is 59.4 Å². The first-order valence-corrected chi connectivity index (χ1v) is 28.0. The number of hydrogen-bond acceptors (Lipinski definition) is 7. The fourth-order valence-corrected chi connectivity index (χ4v) is 9.80. The van der Waals surface area contributed by atoms with E-state index in [-0.39, 0.29) is 20.8 Å². The van der Waals surface area contributed by atoms with Gasteiger partial charge in [-0.05, 0) is 77.7 Å². The Morgan fingerprint density at radius 3 is 1.75 bits per heavy atom. The minimum absolute atomic E-state index is 0.0223. The van der Waals surface area contributed by atoms with Gasteiger partial charge in [0, 0.05) is 11.1 Å². The molecule has 1 aliphatic rings. The molecule has 282 valence electrons. The molecule has 0 bridgehead atoms. The van der Waals surface area contributed by atoms with Gasteiger partial charge in [0.15, 0.2) is 31.2 Å². The molecule has 0 radical (unpaired) electrons. The second-order valence-electron chi connectivity index (χ2n) is 18.5. The minimum atomic E-state index is -2.39. The van der Waals surface area contributed by atoms with Crippen molar-refractivity contribution in [3.05, 3.63) is 75.9 Å². The van der Waals surface area contributed by atoms with E-state index in [1.54, 1.807) is 4.57 Å². The van der Waals surface area contributed by atoms with E-state index in [0.29, 0.717) is 11.2 Å². The van der Waals surface area contributed by atoms with Gasteiger partial charge in [0.25, 0.3) is 0 Å². The summed E-state index contributed by atoms with van der Waals surface area (Å²) in [6, 6.07) is 18.7. The maximum absolute atomic E-state index is 13.9. The second kappa shape index (κ2) is 15.3. The van der Waals surface area contributed by atoms with E-state index in [1.807, 2.05) is 24.4 Å². The van der Waals surface area contributed by atoms with Gasteiger partial charge < -0.3 is 18.0 Å². The van der Waals surface area contributed by atoms with Crippen LogP contribution in [0, 0.1) is 4.64 Å². The first kappa shape index (κ1) is 42.1. The smallest absolute Gasteiger partial charge is 0.328 e. The third-order valence-corrected chi connectivity index (χ3v) is 26.5. The van der Waals surface area contributed by atoms with Gasteiger partial charge in [-0.3, -0.25) is 9.55 Å². The van der Waals surface area contributed by atoms with E-state index in [4.69, 9.17) is 30.2 Å². The number of nitrogens with one attached hydrogen (secondary N) is 1. The van der Waals surface area contributed by atoms with E-state index >= 15 is 0 Å². The summed E-state index contributed by atoms with van der Waals surface area (Å²) in [5.41, 5.74) is 1.96. The molecule has 4 atom stereocenters. The normalized spacial score (nSPS) is 20.9. The van der Waals surface area contributed by atoms with Crippen molar-refractivity contribution in [3.63, 3.8) is 0 Å². The average molecular weight is 787 g/mol. The molecule has 1 aliphatic heterocycles. The summed E-state index contributed by atoms with van der Waals surface area (Å²) in [7, 11) is -6.87. The predicted molar refractivity (Wildman–Crippen MR) is 223 cm³/mol. The van der Waals surface area contributed by atoms with Crippen LogP contribution in [0.5, 0.6) is 0 Å². The number of nitrogens with zero attached hydrogens (tertiary/aromatic N) is 1. The van der Waals surface area contributed by atoms with E-state index < -0.39 is 49.5 Å². The highest BCUT2D eigenvalue weighted by Gasteiger charge is 2.55.